The van der Waals surface area contributed by atoms with Gasteiger partial charge in [0.15, 0.2) is 0 Å². The maximum Gasteiger partial charge on any atom is 0.119 e. The summed E-state index contributed by atoms with van der Waals surface area (Å²) in [4.78, 5) is 0. The Balaban J connectivity index is 1.92. The molecule has 1 heterocycles. The molecule has 0 radical (unpaired) electrons. The second-order valence-electron chi connectivity index (χ2n) is 4.03. The minimum atomic E-state index is 0.349. The van der Waals surface area contributed by atoms with Crippen LogP contribution in [-0.4, -0.2) is 22.3 Å². The van der Waals surface area contributed by atoms with E-state index in [2.05, 4.69) is 16.9 Å². The zero-order valence-electron chi connectivity index (χ0n) is 10.8. The Bertz CT molecular complexity index is 582. The molecule has 3 nitrogen and oxygen atoms in total. The van der Waals surface area contributed by atoms with Crippen molar-refractivity contribution in [2.75, 3.05) is 12.5 Å². The van der Waals surface area contributed by atoms with Gasteiger partial charge < -0.3 is 4.74 Å². The average Bonchev–Trinajstić information content (AvgIpc) is 2.91. The molecule has 0 atom stereocenters. The van der Waals surface area contributed by atoms with E-state index in [9.17, 15) is 0 Å². The number of nitrogens with zero attached hydrogens (tertiary/aromatic N) is 2. The van der Waals surface area contributed by atoms with Gasteiger partial charge in [0.05, 0.1) is 12.4 Å². The molecule has 0 unspecified atom stereocenters. The third-order valence-corrected chi connectivity index (χ3v) is 2.77. The number of aryl methyl sites for hydroxylation is 1. The highest BCUT2D eigenvalue weighted by Gasteiger charge is 1.99. The summed E-state index contributed by atoms with van der Waals surface area (Å²) in [6, 6.07) is 7.77. The van der Waals surface area contributed by atoms with Crippen LogP contribution in [0, 0.1) is 18.8 Å². The molecule has 0 fully saturated rings. The van der Waals surface area contributed by atoms with Gasteiger partial charge in [0.1, 0.15) is 12.4 Å². The van der Waals surface area contributed by atoms with Gasteiger partial charge >= 0.3 is 0 Å². The van der Waals surface area contributed by atoms with Crippen molar-refractivity contribution in [1.82, 2.24) is 9.78 Å². The quantitative estimate of drug-likeness (QED) is 0.633. The summed E-state index contributed by atoms with van der Waals surface area (Å²) < 4.78 is 7.52. The fourth-order valence-electron chi connectivity index (χ4n) is 1.68. The molecule has 98 valence electrons. The van der Waals surface area contributed by atoms with Gasteiger partial charge in [-0.2, -0.15) is 5.10 Å². The molecule has 0 amide bonds. The molecular formula is C15H15ClN2O. The first-order valence-corrected chi connectivity index (χ1v) is 6.59. The van der Waals surface area contributed by atoms with Crippen molar-refractivity contribution in [1.29, 1.82) is 0 Å². The molecule has 4 heteroatoms. The second kappa shape index (κ2) is 6.86. The summed E-state index contributed by atoms with van der Waals surface area (Å²) in [5.74, 6) is 7.06. The highest BCUT2D eigenvalue weighted by Crippen LogP contribution is 2.16. The van der Waals surface area contributed by atoms with Crippen molar-refractivity contribution < 1.29 is 4.74 Å². The fraction of sp³-hybridized carbons (Fsp3) is 0.267. The van der Waals surface area contributed by atoms with Crippen LogP contribution in [0.1, 0.15) is 11.1 Å². The summed E-state index contributed by atoms with van der Waals surface area (Å²) >= 11 is 5.55. The molecule has 0 aliphatic rings. The van der Waals surface area contributed by atoms with Gasteiger partial charge in [0.2, 0.25) is 0 Å². The Morgan fingerprint density at radius 3 is 3.00 bits per heavy atom. The molecule has 0 bridgehead atoms. The van der Waals surface area contributed by atoms with Crippen molar-refractivity contribution in [3.05, 3.63) is 47.8 Å². The predicted octanol–water partition coefficient (Wildman–Crippen LogP) is 2.86. The van der Waals surface area contributed by atoms with Crippen LogP contribution in [-0.2, 0) is 6.54 Å². The lowest BCUT2D eigenvalue weighted by Gasteiger charge is -2.08. The highest BCUT2D eigenvalue weighted by atomic mass is 35.5. The van der Waals surface area contributed by atoms with Gasteiger partial charge in [0.25, 0.3) is 0 Å². The van der Waals surface area contributed by atoms with E-state index in [4.69, 9.17) is 16.3 Å². The summed E-state index contributed by atoms with van der Waals surface area (Å²) in [6.07, 6.45) is 3.67. The van der Waals surface area contributed by atoms with Crippen molar-refractivity contribution in [3.63, 3.8) is 0 Å². The van der Waals surface area contributed by atoms with Gasteiger partial charge in [-0.05, 0) is 36.8 Å². The molecule has 2 aromatic rings. The number of rotatable bonds is 4. The molecule has 0 saturated heterocycles. The lowest BCUT2D eigenvalue weighted by molar-refractivity contribution is 0.291. The van der Waals surface area contributed by atoms with Crippen LogP contribution in [0.3, 0.4) is 0 Å². The number of aromatic nitrogens is 2. The van der Waals surface area contributed by atoms with E-state index < -0.39 is 0 Å². The molecule has 0 spiro atoms. The Kier molecular flexibility index (Phi) is 4.88. The molecule has 1 aromatic carbocycles. The monoisotopic (exact) mass is 274 g/mol. The molecule has 0 aliphatic carbocycles. The first kappa shape index (κ1) is 13.5. The third kappa shape index (κ3) is 4.04. The molecule has 1 aromatic heterocycles. The van der Waals surface area contributed by atoms with Gasteiger partial charge in [0, 0.05) is 18.0 Å². The number of hydrogen-bond donors (Lipinski definition) is 0. The lowest BCUT2D eigenvalue weighted by Crippen LogP contribution is -2.08. The number of ether oxygens (including phenoxy) is 1. The maximum absolute atomic E-state index is 5.68. The van der Waals surface area contributed by atoms with Crippen LogP contribution >= 0.6 is 11.6 Å². The zero-order chi connectivity index (χ0) is 13.5. The van der Waals surface area contributed by atoms with Gasteiger partial charge in [-0.15, -0.1) is 11.6 Å². The topological polar surface area (TPSA) is 27.1 Å². The van der Waals surface area contributed by atoms with E-state index >= 15 is 0 Å². The van der Waals surface area contributed by atoms with E-state index in [1.807, 2.05) is 42.1 Å². The molecule has 0 N–H and O–H groups in total. The Labute approximate surface area is 118 Å². The minimum Gasteiger partial charge on any atom is -0.492 e. The Morgan fingerprint density at radius 1 is 1.42 bits per heavy atom. The number of hydrogen-bond acceptors (Lipinski definition) is 2. The zero-order valence-corrected chi connectivity index (χ0v) is 11.5. The van der Waals surface area contributed by atoms with Crippen LogP contribution < -0.4 is 4.74 Å². The summed E-state index contributed by atoms with van der Waals surface area (Å²) in [5.41, 5.74) is 2.08. The van der Waals surface area contributed by atoms with Crippen LogP contribution in [0.15, 0.2) is 36.7 Å². The predicted molar refractivity (Wildman–Crippen MR) is 76.5 cm³/mol. The molecule has 2 rings (SSSR count). The largest absolute Gasteiger partial charge is 0.492 e. The lowest BCUT2D eigenvalue weighted by atomic mass is 10.1. The standard InChI is InChI=1S/C15H15ClN2O/c1-13-12-15(6-5-14(13)4-2-7-16)19-11-10-18-9-3-8-17-18/h3,5-6,8-9,12H,7,10-11H2,1H3. The Morgan fingerprint density at radius 2 is 2.32 bits per heavy atom. The van der Waals surface area contributed by atoms with Crippen molar-refractivity contribution in [2.24, 2.45) is 0 Å². The van der Waals surface area contributed by atoms with Crippen LogP contribution in [0.25, 0.3) is 0 Å². The summed E-state index contributed by atoms with van der Waals surface area (Å²) in [5, 5.41) is 4.12. The van der Waals surface area contributed by atoms with Crippen LogP contribution in [0.5, 0.6) is 5.75 Å². The van der Waals surface area contributed by atoms with Crippen molar-refractivity contribution in [3.8, 4) is 17.6 Å². The highest BCUT2D eigenvalue weighted by molar-refractivity contribution is 6.19. The van der Waals surface area contributed by atoms with Crippen molar-refractivity contribution in [2.45, 2.75) is 13.5 Å². The minimum absolute atomic E-state index is 0.349. The van der Waals surface area contributed by atoms with E-state index in [0.717, 1.165) is 23.4 Å². The first-order chi connectivity index (χ1) is 9.29. The van der Waals surface area contributed by atoms with E-state index in [1.54, 1.807) is 6.20 Å². The van der Waals surface area contributed by atoms with Crippen LogP contribution in [0.2, 0.25) is 0 Å². The summed E-state index contributed by atoms with van der Waals surface area (Å²) in [7, 11) is 0. The molecule has 19 heavy (non-hydrogen) atoms. The summed E-state index contributed by atoms with van der Waals surface area (Å²) in [6.45, 7) is 3.34. The third-order valence-electron chi connectivity index (χ3n) is 2.64. The SMILES string of the molecule is Cc1cc(OCCn2cccn2)ccc1C#CCCl. The number of alkyl halides is 1. The van der Waals surface area contributed by atoms with E-state index in [-0.39, 0.29) is 0 Å². The number of benzene rings is 1. The smallest absolute Gasteiger partial charge is 0.119 e. The maximum atomic E-state index is 5.68. The average molecular weight is 275 g/mol. The normalized spacial score (nSPS) is 9.79. The van der Waals surface area contributed by atoms with Gasteiger partial charge in [-0.3, -0.25) is 4.68 Å². The molecular weight excluding hydrogens is 260 g/mol. The molecule has 0 saturated carbocycles. The number of halogens is 1. The Hall–Kier alpha value is -1.92. The first-order valence-electron chi connectivity index (χ1n) is 6.05. The second-order valence-corrected chi connectivity index (χ2v) is 4.30. The van der Waals surface area contributed by atoms with E-state index in [1.165, 1.54) is 0 Å². The van der Waals surface area contributed by atoms with Crippen molar-refractivity contribution >= 4 is 11.6 Å². The van der Waals surface area contributed by atoms with Crippen LogP contribution in [0.4, 0.5) is 0 Å². The van der Waals surface area contributed by atoms with Gasteiger partial charge in [-0.25, -0.2) is 0 Å². The fourth-order valence-corrected chi connectivity index (χ4v) is 1.75. The molecule has 0 aliphatic heterocycles. The van der Waals surface area contributed by atoms with Gasteiger partial charge in [-0.1, -0.05) is 11.8 Å². The van der Waals surface area contributed by atoms with E-state index in [0.29, 0.717) is 12.5 Å².